The van der Waals surface area contributed by atoms with Crippen molar-refractivity contribution < 1.29 is 23.0 Å². The van der Waals surface area contributed by atoms with Gasteiger partial charge in [0, 0.05) is 10.9 Å². The van der Waals surface area contributed by atoms with Gasteiger partial charge in [0.15, 0.2) is 0 Å². The second-order valence-corrected chi connectivity index (χ2v) is 6.74. The highest BCUT2D eigenvalue weighted by Crippen LogP contribution is 2.47. The summed E-state index contributed by atoms with van der Waals surface area (Å²) >= 11 is 6.17. The number of benzene rings is 2. The standard InChI is InChI=1S/C20H19ClF3NO2/c1-11-6-13(7-12(2)16(11)9-25)19(20(22,23)24)17(10-26)15-5-4-14(27-3)8-18(15)21/h4-8,17,19,26H,10H2,1-3H3. The molecule has 3 nitrogen and oxygen atoms in total. The summed E-state index contributed by atoms with van der Waals surface area (Å²) in [6, 6.07) is 9.06. The van der Waals surface area contributed by atoms with Crippen molar-refractivity contribution in [2.45, 2.75) is 31.9 Å². The monoisotopic (exact) mass is 397 g/mol. The van der Waals surface area contributed by atoms with E-state index >= 15 is 0 Å². The lowest BCUT2D eigenvalue weighted by Crippen LogP contribution is -2.29. The summed E-state index contributed by atoms with van der Waals surface area (Å²) in [5, 5.41) is 19.1. The third kappa shape index (κ3) is 4.37. The predicted molar refractivity (Wildman–Crippen MR) is 97.3 cm³/mol. The molecule has 2 aromatic carbocycles. The Labute approximate surface area is 161 Å². The van der Waals surface area contributed by atoms with Crippen LogP contribution >= 0.6 is 11.6 Å². The SMILES string of the molecule is COc1ccc(C(CO)C(c2cc(C)c(C#N)c(C)c2)C(F)(F)F)c(Cl)c1. The van der Waals surface area contributed by atoms with Crippen molar-refractivity contribution in [3.8, 4) is 11.8 Å². The number of hydrogen-bond acceptors (Lipinski definition) is 3. The van der Waals surface area contributed by atoms with E-state index in [1.807, 2.05) is 6.07 Å². The van der Waals surface area contributed by atoms with E-state index in [0.717, 1.165) is 0 Å². The minimum Gasteiger partial charge on any atom is -0.497 e. The zero-order valence-corrected chi connectivity index (χ0v) is 15.8. The molecule has 7 heteroatoms. The predicted octanol–water partition coefficient (Wildman–Crippen LogP) is 5.26. The Balaban J connectivity index is 2.64. The number of rotatable bonds is 5. The van der Waals surface area contributed by atoms with Gasteiger partial charge in [0.25, 0.3) is 0 Å². The Morgan fingerprint density at radius 3 is 2.19 bits per heavy atom. The fourth-order valence-corrected chi connectivity index (χ4v) is 3.63. The van der Waals surface area contributed by atoms with E-state index < -0.39 is 24.6 Å². The van der Waals surface area contributed by atoms with E-state index in [4.69, 9.17) is 21.6 Å². The van der Waals surface area contributed by atoms with Gasteiger partial charge in [0.1, 0.15) is 5.75 Å². The second-order valence-electron chi connectivity index (χ2n) is 6.34. The third-order valence-electron chi connectivity index (χ3n) is 4.58. The molecular formula is C20H19ClF3NO2. The number of nitrogens with zero attached hydrogens (tertiary/aromatic N) is 1. The molecule has 0 saturated heterocycles. The number of methoxy groups -OCH3 is 1. The van der Waals surface area contributed by atoms with Crippen molar-refractivity contribution in [1.29, 1.82) is 5.26 Å². The van der Waals surface area contributed by atoms with Crippen LogP contribution in [0.1, 0.15) is 39.7 Å². The van der Waals surface area contributed by atoms with Gasteiger partial charge in [0.2, 0.25) is 0 Å². The summed E-state index contributed by atoms with van der Waals surface area (Å²) in [7, 11) is 1.43. The van der Waals surface area contributed by atoms with Crippen LogP contribution in [-0.2, 0) is 0 Å². The van der Waals surface area contributed by atoms with E-state index in [9.17, 15) is 18.3 Å². The van der Waals surface area contributed by atoms with Gasteiger partial charge in [-0.25, -0.2) is 0 Å². The van der Waals surface area contributed by atoms with E-state index in [-0.39, 0.29) is 16.1 Å². The Morgan fingerprint density at radius 1 is 1.19 bits per heavy atom. The molecule has 2 unspecified atom stereocenters. The lowest BCUT2D eigenvalue weighted by atomic mass is 9.79. The molecule has 2 atom stereocenters. The van der Waals surface area contributed by atoms with Gasteiger partial charge in [-0.1, -0.05) is 29.8 Å². The van der Waals surface area contributed by atoms with Crippen LogP contribution in [0.25, 0.3) is 0 Å². The van der Waals surface area contributed by atoms with Crippen molar-refractivity contribution in [1.82, 2.24) is 0 Å². The highest BCUT2D eigenvalue weighted by Gasteiger charge is 2.46. The van der Waals surface area contributed by atoms with E-state index in [0.29, 0.717) is 22.4 Å². The Bertz CT molecular complexity index is 852. The first-order chi connectivity index (χ1) is 12.6. The maximum absolute atomic E-state index is 14.0. The maximum Gasteiger partial charge on any atom is 0.396 e. The van der Waals surface area contributed by atoms with E-state index in [2.05, 4.69) is 0 Å². The van der Waals surface area contributed by atoms with Crippen molar-refractivity contribution in [3.63, 3.8) is 0 Å². The molecule has 0 amide bonds. The summed E-state index contributed by atoms with van der Waals surface area (Å²) in [4.78, 5) is 0. The molecule has 0 aromatic heterocycles. The number of nitriles is 1. The smallest absolute Gasteiger partial charge is 0.396 e. The molecule has 0 fully saturated rings. The molecule has 0 saturated carbocycles. The molecule has 0 bridgehead atoms. The molecule has 0 aliphatic heterocycles. The number of aliphatic hydroxyl groups is 1. The van der Waals surface area contributed by atoms with E-state index in [1.54, 1.807) is 13.8 Å². The van der Waals surface area contributed by atoms with Gasteiger partial charge in [-0.15, -0.1) is 0 Å². The average molecular weight is 398 g/mol. The van der Waals surface area contributed by atoms with Crippen molar-refractivity contribution >= 4 is 11.6 Å². The fourth-order valence-electron chi connectivity index (χ4n) is 3.32. The molecule has 0 aliphatic carbocycles. The summed E-state index contributed by atoms with van der Waals surface area (Å²) in [5.74, 6) is -2.86. The lowest BCUT2D eigenvalue weighted by Gasteiger charge is -2.30. The van der Waals surface area contributed by atoms with Gasteiger partial charge in [-0.05, 0) is 48.2 Å². The minimum atomic E-state index is -4.62. The molecule has 0 aliphatic rings. The topological polar surface area (TPSA) is 53.2 Å². The summed E-state index contributed by atoms with van der Waals surface area (Å²) in [5.41, 5.74) is 1.44. The van der Waals surface area contributed by atoms with Gasteiger partial charge in [0.05, 0.1) is 31.3 Å². The second kappa shape index (κ2) is 8.20. The molecule has 144 valence electrons. The highest BCUT2D eigenvalue weighted by molar-refractivity contribution is 6.31. The summed E-state index contributed by atoms with van der Waals surface area (Å²) in [6.45, 7) is 2.45. The number of aliphatic hydroxyl groups excluding tert-OH is 1. The normalized spacial score (nSPS) is 13.7. The van der Waals surface area contributed by atoms with E-state index in [1.165, 1.54) is 37.4 Å². The molecular weight excluding hydrogens is 379 g/mol. The summed E-state index contributed by atoms with van der Waals surface area (Å²) in [6.07, 6.45) is -4.62. The number of alkyl halides is 3. The van der Waals surface area contributed by atoms with Crippen LogP contribution in [0.4, 0.5) is 13.2 Å². The zero-order chi connectivity index (χ0) is 20.4. The summed E-state index contributed by atoms with van der Waals surface area (Å²) < 4.78 is 47.1. The molecule has 27 heavy (non-hydrogen) atoms. The highest BCUT2D eigenvalue weighted by atomic mass is 35.5. The van der Waals surface area contributed by atoms with Gasteiger partial charge >= 0.3 is 6.18 Å². The number of ether oxygens (including phenoxy) is 1. The van der Waals surface area contributed by atoms with Crippen LogP contribution in [0.5, 0.6) is 5.75 Å². The fraction of sp³-hybridized carbons (Fsp3) is 0.350. The number of hydrogen-bond donors (Lipinski definition) is 1. The lowest BCUT2D eigenvalue weighted by molar-refractivity contribution is -0.158. The number of halogens is 4. The van der Waals surface area contributed by atoms with Crippen LogP contribution < -0.4 is 4.74 Å². The average Bonchev–Trinajstić information content (AvgIpc) is 2.58. The quantitative estimate of drug-likeness (QED) is 0.748. The number of aryl methyl sites for hydroxylation is 2. The van der Waals surface area contributed by atoms with Crippen LogP contribution in [0.2, 0.25) is 5.02 Å². The van der Waals surface area contributed by atoms with Crippen molar-refractivity contribution in [3.05, 3.63) is 63.2 Å². The third-order valence-corrected chi connectivity index (χ3v) is 4.91. The van der Waals surface area contributed by atoms with Crippen LogP contribution in [0.3, 0.4) is 0 Å². The first-order valence-corrected chi connectivity index (χ1v) is 8.54. The van der Waals surface area contributed by atoms with Crippen LogP contribution in [0, 0.1) is 25.2 Å². The minimum absolute atomic E-state index is 0.0116. The molecule has 0 radical (unpaired) electrons. The Hall–Kier alpha value is -2.23. The van der Waals surface area contributed by atoms with Crippen LogP contribution in [0.15, 0.2) is 30.3 Å². The molecule has 2 rings (SSSR count). The Kier molecular flexibility index (Phi) is 6.40. The first kappa shape index (κ1) is 21.1. The zero-order valence-electron chi connectivity index (χ0n) is 15.1. The largest absolute Gasteiger partial charge is 0.497 e. The molecule has 0 heterocycles. The molecule has 2 aromatic rings. The first-order valence-electron chi connectivity index (χ1n) is 8.16. The van der Waals surface area contributed by atoms with Crippen molar-refractivity contribution in [2.24, 2.45) is 0 Å². The van der Waals surface area contributed by atoms with Crippen LogP contribution in [-0.4, -0.2) is 25.0 Å². The molecule has 0 spiro atoms. The Morgan fingerprint density at radius 2 is 1.78 bits per heavy atom. The van der Waals surface area contributed by atoms with Crippen molar-refractivity contribution in [2.75, 3.05) is 13.7 Å². The maximum atomic E-state index is 14.0. The van der Waals surface area contributed by atoms with Gasteiger partial charge in [-0.2, -0.15) is 18.4 Å². The molecule has 1 N–H and O–H groups in total. The van der Waals surface area contributed by atoms with Gasteiger partial charge < -0.3 is 9.84 Å². The van der Waals surface area contributed by atoms with Gasteiger partial charge in [-0.3, -0.25) is 0 Å².